The molecule has 1 fully saturated rings. The lowest BCUT2D eigenvalue weighted by atomic mass is 10.1. The van der Waals surface area contributed by atoms with Crippen molar-refractivity contribution in [2.45, 2.75) is 25.5 Å². The molecule has 7 heteroatoms. The molecule has 0 bridgehead atoms. The van der Waals surface area contributed by atoms with E-state index in [0.29, 0.717) is 37.6 Å². The fraction of sp³-hybridized carbons (Fsp3) is 0.389. The molecule has 132 valence electrons. The summed E-state index contributed by atoms with van der Waals surface area (Å²) in [6.07, 6.45) is 4.77. The first kappa shape index (κ1) is 17.2. The second kappa shape index (κ2) is 7.48. The third kappa shape index (κ3) is 3.88. The SMILES string of the molecule is CCOC(=O)c1cccc(N2CCC[C@]2(O)CNc2ncccn2)c1. The van der Waals surface area contributed by atoms with Crippen molar-refractivity contribution in [1.29, 1.82) is 0 Å². The normalized spacial score (nSPS) is 19.7. The minimum Gasteiger partial charge on any atom is -0.462 e. The summed E-state index contributed by atoms with van der Waals surface area (Å²) in [7, 11) is 0. The summed E-state index contributed by atoms with van der Waals surface area (Å²) in [5.74, 6) is 0.117. The van der Waals surface area contributed by atoms with E-state index < -0.39 is 5.72 Å². The molecule has 0 aliphatic carbocycles. The summed E-state index contributed by atoms with van der Waals surface area (Å²) in [4.78, 5) is 22.1. The predicted octanol–water partition coefficient (Wildman–Crippen LogP) is 2.05. The monoisotopic (exact) mass is 342 g/mol. The number of anilines is 2. The van der Waals surface area contributed by atoms with E-state index >= 15 is 0 Å². The number of aromatic nitrogens is 2. The highest BCUT2D eigenvalue weighted by Gasteiger charge is 2.39. The van der Waals surface area contributed by atoms with Crippen LogP contribution in [0.1, 0.15) is 30.1 Å². The third-order valence-electron chi connectivity index (χ3n) is 4.23. The molecule has 1 aliphatic heterocycles. The maximum Gasteiger partial charge on any atom is 0.338 e. The molecule has 3 rings (SSSR count). The van der Waals surface area contributed by atoms with Crippen LogP contribution in [0.2, 0.25) is 0 Å². The molecule has 1 aromatic heterocycles. The fourth-order valence-electron chi connectivity index (χ4n) is 3.04. The molecule has 7 nitrogen and oxygen atoms in total. The van der Waals surface area contributed by atoms with Crippen molar-refractivity contribution in [2.24, 2.45) is 0 Å². The smallest absolute Gasteiger partial charge is 0.338 e. The molecule has 1 aliphatic rings. The lowest BCUT2D eigenvalue weighted by molar-refractivity contribution is 0.0524. The molecule has 0 spiro atoms. The van der Waals surface area contributed by atoms with Gasteiger partial charge in [-0.1, -0.05) is 6.07 Å². The van der Waals surface area contributed by atoms with Crippen LogP contribution < -0.4 is 10.2 Å². The quantitative estimate of drug-likeness (QED) is 0.777. The van der Waals surface area contributed by atoms with Gasteiger partial charge in [0, 0.05) is 24.6 Å². The molecule has 0 radical (unpaired) electrons. The Labute approximate surface area is 146 Å². The zero-order valence-electron chi connectivity index (χ0n) is 14.2. The molecule has 0 saturated carbocycles. The number of nitrogens with one attached hydrogen (secondary N) is 1. The average Bonchev–Trinajstić information content (AvgIpc) is 3.03. The predicted molar refractivity (Wildman–Crippen MR) is 94.5 cm³/mol. The van der Waals surface area contributed by atoms with Crippen LogP contribution in [0.25, 0.3) is 0 Å². The zero-order chi connectivity index (χ0) is 17.7. The number of carbonyl (C=O) groups is 1. The molecule has 2 aromatic rings. The molecule has 0 unspecified atom stereocenters. The number of esters is 1. The van der Waals surface area contributed by atoms with E-state index in [4.69, 9.17) is 4.74 Å². The van der Waals surface area contributed by atoms with Crippen molar-refractivity contribution in [2.75, 3.05) is 29.9 Å². The number of hydrogen-bond acceptors (Lipinski definition) is 7. The summed E-state index contributed by atoms with van der Waals surface area (Å²) in [5.41, 5.74) is 0.209. The Morgan fingerprint density at radius 2 is 2.16 bits per heavy atom. The Morgan fingerprint density at radius 3 is 2.92 bits per heavy atom. The summed E-state index contributed by atoms with van der Waals surface area (Å²) >= 11 is 0. The Bertz CT molecular complexity index is 725. The Kier molecular flexibility index (Phi) is 5.14. The third-order valence-corrected chi connectivity index (χ3v) is 4.23. The van der Waals surface area contributed by atoms with E-state index in [0.717, 1.165) is 12.1 Å². The second-order valence-electron chi connectivity index (χ2n) is 5.93. The van der Waals surface area contributed by atoms with Crippen molar-refractivity contribution >= 4 is 17.6 Å². The van der Waals surface area contributed by atoms with Crippen molar-refractivity contribution in [3.63, 3.8) is 0 Å². The molecular weight excluding hydrogens is 320 g/mol. The molecule has 2 N–H and O–H groups in total. The molecule has 1 aromatic carbocycles. The van der Waals surface area contributed by atoms with Gasteiger partial charge in [0.05, 0.1) is 18.7 Å². The summed E-state index contributed by atoms with van der Waals surface area (Å²) < 4.78 is 5.05. The Hall–Kier alpha value is -2.67. The van der Waals surface area contributed by atoms with Crippen LogP contribution in [-0.4, -0.2) is 46.5 Å². The van der Waals surface area contributed by atoms with Gasteiger partial charge in [-0.2, -0.15) is 0 Å². The van der Waals surface area contributed by atoms with Gasteiger partial charge >= 0.3 is 5.97 Å². The summed E-state index contributed by atoms with van der Waals surface area (Å²) in [6.45, 7) is 3.11. The van der Waals surface area contributed by atoms with E-state index in [1.54, 1.807) is 43.6 Å². The van der Waals surface area contributed by atoms with Gasteiger partial charge in [0.1, 0.15) is 0 Å². The highest BCUT2D eigenvalue weighted by molar-refractivity contribution is 5.90. The first-order valence-electron chi connectivity index (χ1n) is 8.40. The molecule has 1 saturated heterocycles. The van der Waals surface area contributed by atoms with E-state index in [2.05, 4.69) is 15.3 Å². The van der Waals surface area contributed by atoms with Crippen LogP contribution in [0, 0.1) is 0 Å². The topological polar surface area (TPSA) is 87.6 Å². The van der Waals surface area contributed by atoms with Crippen LogP contribution in [0.15, 0.2) is 42.7 Å². The molecule has 2 heterocycles. The van der Waals surface area contributed by atoms with Crippen LogP contribution in [0.4, 0.5) is 11.6 Å². The molecule has 25 heavy (non-hydrogen) atoms. The minimum atomic E-state index is -1.06. The number of ether oxygens (including phenoxy) is 1. The van der Waals surface area contributed by atoms with Gasteiger partial charge in [-0.3, -0.25) is 0 Å². The van der Waals surface area contributed by atoms with Crippen molar-refractivity contribution in [3.05, 3.63) is 48.3 Å². The fourth-order valence-corrected chi connectivity index (χ4v) is 3.04. The molecule has 0 amide bonds. The first-order chi connectivity index (χ1) is 12.1. The van der Waals surface area contributed by atoms with Gasteiger partial charge in [0.15, 0.2) is 5.72 Å². The van der Waals surface area contributed by atoms with E-state index in [1.807, 2.05) is 11.0 Å². The van der Waals surface area contributed by atoms with E-state index in [-0.39, 0.29) is 5.97 Å². The lowest BCUT2D eigenvalue weighted by Crippen LogP contribution is -2.49. The van der Waals surface area contributed by atoms with Crippen LogP contribution in [0.3, 0.4) is 0 Å². The standard InChI is InChI=1S/C18H22N4O3/c1-2-25-16(23)14-6-3-7-15(12-14)22-11-4-8-18(22,24)13-21-17-19-9-5-10-20-17/h3,5-7,9-10,12,24H,2,4,8,11,13H2,1H3,(H,19,20,21)/t18-/m0/s1. The summed E-state index contributed by atoms with van der Waals surface area (Å²) in [6, 6.07) is 8.90. The van der Waals surface area contributed by atoms with Gasteiger partial charge in [-0.25, -0.2) is 14.8 Å². The van der Waals surface area contributed by atoms with Crippen molar-refractivity contribution in [3.8, 4) is 0 Å². The van der Waals surface area contributed by atoms with E-state index in [1.165, 1.54) is 0 Å². The molecule has 1 atom stereocenters. The zero-order valence-corrected chi connectivity index (χ0v) is 14.2. The maximum absolute atomic E-state index is 12.0. The maximum atomic E-state index is 12.0. The van der Waals surface area contributed by atoms with Crippen molar-refractivity contribution < 1.29 is 14.6 Å². The highest BCUT2D eigenvalue weighted by Crippen LogP contribution is 2.33. The van der Waals surface area contributed by atoms with Gasteiger partial charge in [0.25, 0.3) is 0 Å². The largest absolute Gasteiger partial charge is 0.462 e. The van der Waals surface area contributed by atoms with Gasteiger partial charge in [-0.15, -0.1) is 0 Å². The number of benzene rings is 1. The lowest BCUT2D eigenvalue weighted by Gasteiger charge is -2.35. The van der Waals surface area contributed by atoms with Gasteiger partial charge in [-0.05, 0) is 44.0 Å². The van der Waals surface area contributed by atoms with Crippen LogP contribution >= 0.6 is 0 Å². The number of nitrogens with zero attached hydrogens (tertiary/aromatic N) is 3. The van der Waals surface area contributed by atoms with Crippen molar-refractivity contribution in [1.82, 2.24) is 9.97 Å². The van der Waals surface area contributed by atoms with Gasteiger partial charge in [0.2, 0.25) is 5.95 Å². The van der Waals surface area contributed by atoms with Gasteiger partial charge < -0.3 is 20.1 Å². The average molecular weight is 342 g/mol. The minimum absolute atomic E-state index is 0.292. The second-order valence-corrected chi connectivity index (χ2v) is 5.93. The summed E-state index contributed by atoms with van der Waals surface area (Å²) in [5, 5.41) is 14.2. The highest BCUT2D eigenvalue weighted by atomic mass is 16.5. The Morgan fingerprint density at radius 1 is 1.36 bits per heavy atom. The number of hydrogen-bond donors (Lipinski definition) is 2. The number of carbonyl (C=O) groups excluding carboxylic acids is 1. The first-order valence-corrected chi connectivity index (χ1v) is 8.40. The molecular formula is C18H22N4O3. The number of rotatable bonds is 6. The van der Waals surface area contributed by atoms with Crippen LogP contribution in [0.5, 0.6) is 0 Å². The Balaban J connectivity index is 1.76. The van der Waals surface area contributed by atoms with Crippen LogP contribution in [-0.2, 0) is 4.74 Å². The number of aliphatic hydroxyl groups is 1. The van der Waals surface area contributed by atoms with E-state index in [9.17, 15) is 9.90 Å².